The molecule has 3 fully saturated rings. The molecule has 0 unspecified atom stereocenters. The van der Waals surface area contributed by atoms with E-state index in [0.29, 0.717) is 18.5 Å². The number of carbonyl (C=O) groups is 1. The summed E-state index contributed by atoms with van der Waals surface area (Å²) >= 11 is 0. The largest absolute Gasteiger partial charge is 0.481 e. The Labute approximate surface area is 122 Å². The van der Waals surface area contributed by atoms with Gasteiger partial charge in [0.2, 0.25) is 0 Å². The molecule has 2 N–H and O–H groups in total. The topological polar surface area (TPSA) is 49.3 Å². The van der Waals surface area contributed by atoms with Crippen molar-refractivity contribution in [2.75, 3.05) is 6.54 Å². The van der Waals surface area contributed by atoms with Crippen molar-refractivity contribution in [3.8, 4) is 0 Å². The van der Waals surface area contributed by atoms with Crippen LogP contribution in [0.25, 0.3) is 0 Å². The van der Waals surface area contributed by atoms with Gasteiger partial charge < -0.3 is 10.4 Å². The molecule has 0 heterocycles. The van der Waals surface area contributed by atoms with E-state index in [2.05, 4.69) is 19.2 Å². The Morgan fingerprint density at radius 3 is 2.65 bits per heavy atom. The van der Waals surface area contributed by atoms with E-state index in [1.807, 2.05) is 0 Å². The number of rotatable bonds is 6. The second-order valence-electron chi connectivity index (χ2n) is 7.83. The molecule has 3 saturated carbocycles. The summed E-state index contributed by atoms with van der Waals surface area (Å²) in [5.41, 5.74) is 0. The molecule has 3 heteroatoms. The highest BCUT2D eigenvalue weighted by molar-refractivity contribution is 5.70. The monoisotopic (exact) mass is 279 g/mol. The number of nitrogens with one attached hydrogen (secondary N) is 1. The highest BCUT2D eigenvalue weighted by Gasteiger charge is 2.53. The van der Waals surface area contributed by atoms with Crippen LogP contribution in [0.4, 0.5) is 0 Å². The van der Waals surface area contributed by atoms with Gasteiger partial charge in [-0.25, -0.2) is 0 Å². The third-order valence-corrected chi connectivity index (χ3v) is 6.16. The molecule has 0 aromatic carbocycles. The number of aliphatic carboxylic acids is 1. The molecule has 20 heavy (non-hydrogen) atoms. The lowest BCUT2D eigenvalue weighted by atomic mass is 9.79. The van der Waals surface area contributed by atoms with Crippen LogP contribution in [0.3, 0.4) is 0 Å². The molecule has 0 aromatic heterocycles. The van der Waals surface area contributed by atoms with E-state index >= 15 is 0 Å². The van der Waals surface area contributed by atoms with Crippen LogP contribution in [0.2, 0.25) is 0 Å². The summed E-state index contributed by atoms with van der Waals surface area (Å²) in [4.78, 5) is 11.3. The third kappa shape index (κ3) is 2.61. The van der Waals surface area contributed by atoms with Gasteiger partial charge in [0, 0.05) is 12.6 Å². The summed E-state index contributed by atoms with van der Waals surface area (Å²) in [5.74, 6) is 3.38. The Morgan fingerprint density at radius 2 is 1.95 bits per heavy atom. The van der Waals surface area contributed by atoms with Crippen molar-refractivity contribution in [2.24, 2.45) is 35.5 Å². The molecular weight excluding hydrogens is 250 g/mol. The summed E-state index contributed by atoms with van der Waals surface area (Å²) in [6.45, 7) is 4.88. The molecule has 0 radical (unpaired) electrons. The summed E-state index contributed by atoms with van der Waals surface area (Å²) < 4.78 is 0. The van der Waals surface area contributed by atoms with Crippen LogP contribution in [0.1, 0.15) is 52.4 Å². The predicted octanol–water partition coefficient (Wildman–Crippen LogP) is 3.15. The van der Waals surface area contributed by atoms with Crippen molar-refractivity contribution in [1.82, 2.24) is 5.32 Å². The van der Waals surface area contributed by atoms with Crippen molar-refractivity contribution in [3.63, 3.8) is 0 Å². The van der Waals surface area contributed by atoms with Gasteiger partial charge in [-0.1, -0.05) is 20.3 Å². The fourth-order valence-corrected chi connectivity index (χ4v) is 5.44. The molecular formula is C17H29NO2. The zero-order valence-electron chi connectivity index (χ0n) is 12.8. The fourth-order valence-electron chi connectivity index (χ4n) is 5.44. The molecule has 0 amide bonds. The first-order chi connectivity index (χ1) is 9.56. The lowest BCUT2D eigenvalue weighted by molar-refractivity contribution is -0.142. The first-order valence-electron chi connectivity index (χ1n) is 8.52. The van der Waals surface area contributed by atoms with Crippen LogP contribution < -0.4 is 5.32 Å². The Hall–Kier alpha value is -0.570. The average Bonchev–Trinajstić information content (AvgIpc) is 3.04. The molecule has 3 rings (SSSR count). The molecule has 2 bridgehead atoms. The van der Waals surface area contributed by atoms with E-state index in [4.69, 9.17) is 0 Å². The summed E-state index contributed by atoms with van der Waals surface area (Å²) in [6, 6.07) is 0.605. The van der Waals surface area contributed by atoms with E-state index in [1.165, 1.54) is 32.1 Å². The van der Waals surface area contributed by atoms with Gasteiger partial charge >= 0.3 is 5.97 Å². The maximum absolute atomic E-state index is 11.3. The maximum atomic E-state index is 11.3. The zero-order valence-corrected chi connectivity index (χ0v) is 12.8. The fraction of sp³-hybridized carbons (Fsp3) is 0.941. The minimum Gasteiger partial charge on any atom is -0.481 e. The molecule has 0 saturated heterocycles. The van der Waals surface area contributed by atoms with Crippen molar-refractivity contribution < 1.29 is 9.90 Å². The van der Waals surface area contributed by atoms with Crippen LogP contribution in [-0.4, -0.2) is 23.7 Å². The van der Waals surface area contributed by atoms with E-state index < -0.39 is 5.97 Å². The van der Waals surface area contributed by atoms with E-state index in [9.17, 15) is 9.90 Å². The molecule has 0 spiro atoms. The molecule has 3 aliphatic carbocycles. The molecule has 3 aliphatic rings. The first kappa shape index (κ1) is 14.4. The summed E-state index contributed by atoms with van der Waals surface area (Å²) in [6.07, 6.45) is 7.83. The van der Waals surface area contributed by atoms with Crippen LogP contribution in [0, 0.1) is 35.5 Å². The van der Waals surface area contributed by atoms with Gasteiger partial charge in [0.15, 0.2) is 0 Å². The van der Waals surface area contributed by atoms with Gasteiger partial charge in [-0.3, -0.25) is 4.79 Å². The second-order valence-corrected chi connectivity index (χ2v) is 7.83. The average molecular weight is 279 g/mol. The minimum atomic E-state index is -0.631. The second kappa shape index (κ2) is 5.67. The first-order valence-corrected chi connectivity index (χ1v) is 8.52. The SMILES string of the molecule is CC(C)C[C@H](CN[C@@H]1C[C@H]2C[C@H]1[C@@H]1CCC[C@H]21)C(=O)O. The Balaban J connectivity index is 1.53. The number of hydrogen-bond donors (Lipinski definition) is 2. The smallest absolute Gasteiger partial charge is 0.307 e. The van der Waals surface area contributed by atoms with Crippen LogP contribution in [0.15, 0.2) is 0 Å². The zero-order chi connectivity index (χ0) is 14.3. The normalized spacial score (nSPS) is 40.2. The minimum absolute atomic E-state index is 0.214. The van der Waals surface area contributed by atoms with E-state index in [0.717, 1.165) is 30.1 Å². The van der Waals surface area contributed by atoms with E-state index in [1.54, 1.807) is 0 Å². The summed E-state index contributed by atoms with van der Waals surface area (Å²) in [5, 5.41) is 13.0. The molecule has 6 atom stereocenters. The number of fused-ring (bicyclic) bond motifs is 5. The van der Waals surface area contributed by atoms with Gasteiger partial charge in [-0.2, -0.15) is 0 Å². The third-order valence-electron chi connectivity index (χ3n) is 6.16. The van der Waals surface area contributed by atoms with Gasteiger partial charge in [0.05, 0.1) is 5.92 Å². The standard InChI is InChI=1S/C17H29NO2/c1-10(2)6-12(17(19)20)9-18-16-8-11-7-15(16)14-5-3-4-13(11)14/h10-16,18H,3-9H2,1-2H3,(H,19,20)/t11-,12-,13-,14-,15+,16-/m1/s1. The maximum Gasteiger partial charge on any atom is 0.307 e. The number of hydrogen-bond acceptors (Lipinski definition) is 2. The van der Waals surface area contributed by atoms with Crippen LogP contribution >= 0.6 is 0 Å². The molecule has 3 nitrogen and oxygen atoms in total. The lowest BCUT2D eigenvalue weighted by Crippen LogP contribution is -2.42. The van der Waals surface area contributed by atoms with Gasteiger partial charge in [0.25, 0.3) is 0 Å². The van der Waals surface area contributed by atoms with Crippen molar-refractivity contribution in [1.29, 1.82) is 0 Å². The summed E-state index contributed by atoms with van der Waals surface area (Å²) in [7, 11) is 0. The van der Waals surface area contributed by atoms with Crippen LogP contribution in [-0.2, 0) is 4.79 Å². The molecule has 114 valence electrons. The highest BCUT2D eigenvalue weighted by atomic mass is 16.4. The Morgan fingerprint density at radius 1 is 1.20 bits per heavy atom. The number of carboxylic acids is 1. The van der Waals surface area contributed by atoms with Crippen LogP contribution in [0.5, 0.6) is 0 Å². The lowest BCUT2D eigenvalue weighted by Gasteiger charge is -2.33. The Bertz CT molecular complexity index is 368. The number of carboxylic acid groups (broad SMARTS) is 1. The van der Waals surface area contributed by atoms with Gasteiger partial charge in [0.1, 0.15) is 0 Å². The van der Waals surface area contributed by atoms with Gasteiger partial charge in [-0.05, 0) is 61.7 Å². The quantitative estimate of drug-likeness (QED) is 0.785. The highest BCUT2D eigenvalue weighted by Crippen LogP contribution is 2.58. The van der Waals surface area contributed by atoms with Gasteiger partial charge in [-0.15, -0.1) is 0 Å². The predicted molar refractivity (Wildman–Crippen MR) is 79.4 cm³/mol. The van der Waals surface area contributed by atoms with Crippen molar-refractivity contribution >= 4 is 5.97 Å². The van der Waals surface area contributed by atoms with Crippen molar-refractivity contribution in [2.45, 2.75) is 58.4 Å². The molecule has 0 aromatic rings. The van der Waals surface area contributed by atoms with E-state index in [-0.39, 0.29) is 5.92 Å². The van der Waals surface area contributed by atoms with Crippen molar-refractivity contribution in [3.05, 3.63) is 0 Å². The Kier molecular flexibility index (Phi) is 4.07. The molecule has 0 aliphatic heterocycles.